The molecule has 3 aromatic rings. The molecule has 3 heterocycles. The van der Waals surface area contributed by atoms with Gasteiger partial charge in [0.15, 0.2) is 5.82 Å². The Labute approximate surface area is 186 Å². The number of H-pyrrole nitrogens is 1. The maximum absolute atomic E-state index is 13.1. The highest BCUT2D eigenvalue weighted by molar-refractivity contribution is 5.94. The predicted molar refractivity (Wildman–Crippen MR) is 111 cm³/mol. The Kier molecular flexibility index (Phi) is 5.26. The smallest absolute Gasteiger partial charge is 0.329 e. The Balaban J connectivity index is 1.36. The van der Waals surface area contributed by atoms with Crippen LogP contribution in [0.1, 0.15) is 57.2 Å². The number of alkyl halides is 3. The SMILES string of the molecule is O=C(c1cccc(Cc2n[nH]c(=O)c3c2CCCC3)c1)N1CCn2c(nnc2C(F)(F)F)C1. The third-order valence-electron chi connectivity index (χ3n) is 6.22. The van der Waals surface area contributed by atoms with Crippen molar-refractivity contribution in [1.29, 1.82) is 0 Å². The second kappa shape index (κ2) is 8.13. The number of rotatable bonds is 3. The van der Waals surface area contributed by atoms with Gasteiger partial charge in [-0.1, -0.05) is 12.1 Å². The van der Waals surface area contributed by atoms with Crippen molar-refractivity contribution in [3.63, 3.8) is 0 Å². The number of nitrogens with zero attached hydrogens (tertiary/aromatic N) is 5. The molecular formula is C22H21F3N6O2. The summed E-state index contributed by atoms with van der Waals surface area (Å²) in [5.74, 6) is -1.21. The van der Waals surface area contributed by atoms with Crippen LogP contribution in [0.2, 0.25) is 0 Å². The molecule has 2 aromatic heterocycles. The summed E-state index contributed by atoms with van der Waals surface area (Å²) in [4.78, 5) is 26.6. The van der Waals surface area contributed by atoms with Crippen LogP contribution in [0.4, 0.5) is 13.2 Å². The number of hydrogen-bond donors (Lipinski definition) is 1. The van der Waals surface area contributed by atoms with Gasteiger partial charge < -0.3 is 9.47 Å². The van der Waals surface area contributed by atoms with Gasteiger partial charge in [-0.2, -0.15) is 18.3 Å². The first-order valence-electron chi connectivity index (χ1n) is 10.8. The van der Waals surface area contributed by atoms with Gasteiger partial charge in [-0.15, -0.1) is 10.2 Å². The summed E-state index contributed by atoms with van der Waals surface area (Å²) in [7, 11) is 0. The number of carbonyl (C=O) groups is 1. The molecule has 0 saturated heterocycles. The molecule has 11 heteroatoms. The Bertz CT molecular complexity index is 1280. The molecule has 0 unspecified atom stereocenters. The highest BCUT2D eigenvalue weighted by Gasteiger charge is 2.40. The van der Waals surface area contributed by atoms with Crippen molar-refractivity contribution in [3.8, 4) is 0 Å². The zero-order valence-electron chi connectivity index (χ0n) is 17.7. The average Bonchev–Trinajstić information content (AvgIpc) is 3.25. The minimum Gasteiger partial charge on any atom is -0.329 e. The molecule has 2 aliphatic rings. The molecule has 1 amide bonds. The lowest BCUT2D eigenvalue weighted by atomic mass is 9.90. The molecule has 0 saturated carbocycles. The quantitative estimate of drug-likeness (QED) is 0.651. The molecule has 1 aliphatic heterocycles. The summed E-state index contributed by atoms with van der Waals surface area (Å²) in [6.07, 6.45) is -0.552. The minimum absolute atomic E-state index is 0.0178. The fraction of sp³-hybridized carbons (Fsp3) is 0.409. The zero-order valence-corrected chi connectivity index (χ0v) is 17.7. The van der Waals surface area contributed by atoms with E-state index in [2.05, 4.69) is 20.4 Å². The van der Waals surface area contributed by atoms with E-state index in [4.69, 9.17) is 0 Å². The summed E-state index contributed by atoms with van der Waals surface area (Å²) in [6.45, 7) is 0.0728. The molecule has 33 heavy (non-hydrogen) atoms. The third-order valence-corrected chi connectivity index (χ3v) is 6.22. The Hall–Kier alpha value is -3.50. The van der Waals surface area contributed by atoms with Crippen LogP contribution in [0.5, 0.6) is 0 Å². The van der Waals surface area contributed by atoms with Crippen molar-refractivity contribution in [2.45, 2.75) is 51.4 Å². The summed E-state index contributed by atoms with van der Waals surface area (Å²) in [5.41, 5.74) is 3.78. The Morgan fingerprint density at radius 3 is 2.67 bits per heavy atom. The lowest BCUT2D eigenvalue weighted by Crippen LogP contribution is -2.39. The van der Waals surface area contributed by atoms with Gasteiger partial charge in [0.2, 0.25) is 5.82 Å². The van der Waals surface area contributed by atoms with Crippen LogP contribution >= 0.6 is 0 Å². The number of aromatic amines is 1. The molecule has 1 aromatic carbocycles. The summed E-state index contributed by atoms with van der Waals surface area (Å²) >= 11 is 0. The van der Waals surface area contributed by atoms with E-state index in [0.717, 1.165) is 52.6 Å². The molecule has 0 atom stereocenters. The van der Waals surface area contributed by atoms with Crippen molar-refractivity contribution >= 4 is 5.91 Å². The second-order valence-corrected chi connectivity index (χ2v) is 8.36. The van der Waals surface area contributed by atoms with Gasteiger partial charge in [0.05, 0.1) is 12.2 Å². The highest BCUT2D eigenvalue weighted by atomic mass is 19.4. The number of benzene rings is 1. The van der Waals surface area contributed by atoms with Gasteiger partial charge in [-0.3, -0.25) is 9.59 Å². The number of hydrogen-bond acceptors (Lipinski definition) is 5. The standard InChI is InChI=1S/C22H21F3N6O2/c23-22(24,25)21-29-27-18-12-30(8-9-31(18)21)20(33)14-5-3-4-13(10-14)11-17-15-6-1-2-7-16(15)19(32)28-26-17/h3-5,10H,1-2,6-9,11-12H2,(H,28,32). The lowest BCUT2D eigenvalue weighted by Gasteiger charge is -2.28. The third kappa shape index (κ3) is 4.03. The lowest BCUT2D eigenvalue weighted by molar-refractivity contribution is -0.147. The largest absolute Gasteiger partial charge is 0.451 e. The van der Waals surface area contributed by atoms with E-state index in [9.17, 15) is 22.8 Å². The van der Waals surface area contributed by atoms with Crippen molar-refractivity contribution in [3.05, 3.63) is 74.2 Å². The van der Waals surface area contributed by atoms with Crippen molar-refractivity contribution in [2.75, 3.05) is 6.54 Å². The van der Waals surface area contributed by atoms with Crippen molar-refractivity contribution in [2.24, 2.45) is 0 Å². The van der Waals surface area contributed by atoms with Crippen LogP contribution in [-0.2, 0) is 38.5 Å². The zero-order chi connectivity index (χ0) is 23.2. The Morgan fingerprint density at radius 1 is 1.09 bits per heavy atom. The number of fused-ring (bicyclic) bond motifs is 2. The van der Waals surface area contributed by atoms with Crippen LogP contribution in [0.3, 0.4) is 0 Å². The number of halogens is 3. The van der Waals surface area contributed by atoms with E-state index in [1.807, 2.05) is 6.07 Å². The first-order chi connectivity index (χ1) is 15.8. The first-order valence-corrected chi connectivity index (χ1v) is 10.8. The van der Waals surface area contributed by atoms with Crippen LogP contribution in [0.15, 0.2) is 29.1 Å². The summed E-state index contributed by atoms with van der Waals surface area (Å²) in [6, 6.07) is 7.11. The van der Waals surface area contributed by atoms with Crippen molar-refractivity contribution < 1.29 is 18.0 Å². The second-order valence-electron chi connectivity index (χ2n) is 8.36. The number of aromatic nitrogens is 5. The topological polar surface area (TPSA) is 96.8 Å². The van der Waals surface area contributed by atoms with E-state index in [0.29, 0.717) is 12.0 Å². The molecule has 8 nitrogen and oxygen atoms in total. The van der Waals surface area contributed by atoms with Gasteiger partial charge in [0.1, 0.15) is 0 Å². The molecule has 0 radical (unpaired) electrons. The predicted octanol–water partition coefficient (Wildman–Crippen LogP) is 2.51. The molecule has 1 N–H and O–H groups in total. The van der Waals surface area contributed by atoms with Gasteiger partial charge >= 0.3 is 6.18 Å². The number of amides is 1. The van der Waals surface area contributed by atoms with Gasteiger partial charge in [-0.25, -0.2) is 5.10 Å². The first kappa shape index (κ1) is 21.4. The number of nitrogens with one attached hydrogen (secondary N) is 1. The normalized spacial score (nSPS) is 15.8. The maximum atomic E-state index is 13.1. The molecule has 5 rings (SSSR count). The van der Waals surface area contributed by atoms with Gasteiger partial charge in [0, 0.05) is 30.6 Å². The van der Waals surface area contributed by atoms with Crippen LogP contribution in [-0.4, -0.2) is 42.3 Å². The van der Waals surface area contributed by atoms with E-state index >= 15 is 0 Å². The van der Waals surface area contributed by atoms with Crippen LogP contribution in [0.25, 0.3) is 0 Å². The Morgan fingerprint density at radius 2 is 1.88 bits per heavy atom. The fourth-order valence-corrected chi connectivity index (χ4v) is 4.60. The van der Waals surface area contributed by atoms with Gasteiger partial charge in [0.25, 0.3) is 11.5 Å². The molecule has 172 valence electrons. The molecule has 0 bridgehead atoms. The van der Waals surface area contributed by atoms with Crippen LogP contribution < -0.4 is 5.56 Å². The van der Waals surface area contributed by atoms with Crippen LogP contribution in [0, 0.1) is 0 Å². The van der Waals surface area contributed by atoms with E-state index < -0.39 is 12.0 Å². The van der Waals surface area contributed by atoms with E-state index in [1.54, 1.807) is 18.2 Å². The summed E-state index contributed by atoms with van der Waals surface area (Å²) in [5, 5.41) is 13.7. The molecule has 0 spiro atoms. The monoisotopic (exact) mass is 458 g/mol. The summed E-state index contributed by atoms with van der Waals surface area (Å²) < 4.78 is 40.2. The van der Waals surface area contributed by atoms with E-state index in [1.165, 1.54) is 4.90 Å². The maximum Gasteiger partial charge on any atom is 0.451 e. The van der Waals surface area contributed by atoms with E-state index in [-0.39, 0.29) is 36.9 Å². The minimum atomic E-state index is -4.58. The molecular weight excluding hydrogens is 437 g/mol. The van der Waals surface area contributed by atoms with Gasteiger partial charge in [-0.05, 0) is 48.9 Å². The van der Waals surface area contributed by atoms with Crippen molar-refractivity contribution in [1.82, 2.24) is 29.9 Å². The number of carbonyl (C=O) groups excluding carboxylic acids is 1. The molecule has 0 fully saturated rings. The highest BCUT2D eigenvalue weighted by Crippen LogP contribution is 2.30. The fourth-order valence-electron chi connectivity index (χ4n) is 4.60. The average molecular weight is 458 g/mol. The molecule has 1 aliphatic carbocycles.